The summed E-state index contributed by atoms with van der Waals surface area (Å²) in [5.41, 5.74) is 1.60. The molecule has 8 atom stereocenters. The predicted octanol–water partition coefficient (Wildman–Crippen LogP) is 9.17. The van der Waals surface area contributed by atoms with E-state index in [1.165, 1.54) is 14.2 Å². The molecule has 66 heavy (non-hydrogen) atoms. The van der Waals surface area contributed by atoms with Crippen molar-refractivity contribution >= 4 is 44.7 Å². The number of ether oxygens (including phenoxy) is 6. The standard InChI is InChI=1S/2C23H44N2O6Si2/c1-11-18-21(31-33(9,10)23(2,3)4)19(26)20(30-18)17-14-16(22(27)28-5)24-25(17)15-29-12-13-32(6,7)8;1-11-18-19(26)21(31-33(9,10)23(2,3)4)20(30-18)17-14-16(22(27)28-5)24-25(17)15-29-12-13-32(6,7)8/h2*14,18-21,26H,11-13,15H2,1-10H3/t18-,19+,20+,21-;18-,19-,20+,21-/m11/s1. The summed E-state index contributed by atoms with van der Waals surface area (Å²) < 4.78 is 50.7. The van der Waals surface area contributed by atoms with Crippen molar-refractivity contribution in [1.82, 2.24) is 19.6 Å². The number of aliphatic hydroxyl groups is 2. The molecule has 0 bridgehead atoms. The number of rotatable bonds is 20. The fraction of sp³-hybridized carbons (Fsp3) is 0.826. The van der Waals surface area contributed by atoms with E-state index in [1.807, 2.05) is 13.8 Å². The highest BCUT2D eigenvalue weighted by Crippen LogP contribution is 2.45. The van der Waals surface area contributed by atoms with Gasteiger partial charge in [-0.3, -0.25) is 0 Å². The van der Waals surface area contributed by atoms with Gasteiger partial charge in [0.25, 0.3) is 0 Å². The molecule has 0 unspecified atom stereocenters. The van der Waals surface area contributed by atoms with E-state index in [0.29, 0.717) is 37.4 Å². The monoisotopic (exact) mass is 1000 g/mol. The van der Waals surface area contributed by atoms with Crippen LogP contribution in [0, 0.1) is 0 Å². The van der Waals surface area contributed by atoms with Crippen LogP contribution >= 0.6 is 0 Å². The van der Waals surface area contributed by atoms with Gasteiger partial charge in [0.1, 0.15) is 50.1 Å². The Labute approximate surface area is 400 Å². The Balaban J connectivity index is 0.000000350. The van der Waals surface area contributed by atoms with Crippen molar-refractivity contribution in [1.29, 1.82) is 0 Å². The maximum absolute atomic E-state index is 12.2. The van der Waals surface area contributed by atoms with E-state index in [9.17, 15) is 19.8 Å². The van der Waals surface area contributed by atoms with Gasteiger partial charge in [-0.05, 0) is 73.3 Å². The SMILES string of the molecule is CC[C@H]1O[C@@H](c2cc(C(=O)OC)nn2COCC[Si](C)(C)C)[C@H](O)[C@@H]1O[Si](C)(C)C(C)(C)C.CC[C@H]1O[C@@H](c2cc(C(=O)OC)nn2COCC[Si](C)(C)C)[C@H](O[Si](C)(C)C(C)(C)C)[C@@H]1O. The average Bonchev–Trinajstić information content (AvgIpc) is 3.96. The summed E-state index contributed by atoms with van der Waals surface area (Å²) in [6.45, 7) is 41.1. The van der Waals surface area contributed by atoms with Gasteiger partial charge in [-0.15, -0.1) is 0 Å². The average molecular weight is 1000 g/mol. The lowest BCUT2D eigenvalue weighted by molar-refractivity contribution is -0.00495. The summed E-state index contributed by atoms with van der Waals surface area (Å²) in [4.78, 5) is 24.4. The fourth-order valence-corrected chi connectivity index (χ4v) is 11.1. The summed E-state index contributed by atoms with van der Waals surface area (Å²) >= 11 is 0. The first-order chi connectivity index (χ1) is 30.2. The number of nitrogens with zero attached hydrogens (tertiary/aromatic N) is 4. The number of carbonyl (C=O) groups is 2. The highest BCUT2D eigenvalue weighted by molar-refractivity contribution is 6.76. The minimum absolute atomic E-state index is 0.00708. The van der Waals surface area contributed by atoms with Crippen LogP contribution in [-0.2, 0) is 50.7 Å². The number of methoxy groups -OCH3 is 2. The lowest BCUT2D eigenvalue weighted by Crippen LogP contribution is -2.48. The normalized spacial score (nSPS) is 24.3. The van der Waals surface area contributed by atoms with Gasteiger partial charge in [0.2, 0.25) is 0 Å². The zero-order valence-corrected chi connectivity index (χ0v) is 48.2. The first-order valence-corrected chi connectivity index (χ1v) is 37.0. The Hall–Kier alpha value is -2.09. The molecule has 2 aliphatic rings. The first kappa shape index (κ1) is 58.2. The largest absolute Gasteiger partial charge is 0.464 e. The second kappa shape index (κ2) is 23.2. The molecule has 0 aromatic carbocycles. The second-order valence-electron chi connectivity index (χ2n) is 23.3. The van der Waals surface area contributed by atoms with Gasteiger partial charge in [0, 0.05) is 29.4 Å². The van der Waals surface area contributed by atoms with E-state index in [2.05, 4.69) is 117 Å². The Kier molecular flexibility index (Phi) is 20.5. The van der Waals surface area contributed by atoms with Crippen molar-refractivity contribution in [2.24, 2.45) is 0 Å². The van der Waals surface area contributed by atoms with Crippen molar-refractivity contribution in [2.45, 2.75) is 218 Å². The topological polar surface area (TPSA) is 184 Å². The van der Waals surface area contributed by atoms with Crippen LogP contribution in [0.15, 0.2) is 12.1 Å². The van der Waals surface area contributed by atoms with Gasteiger partial charge in [0.05, 0.1) is 37.8 Å². The van der Waals surface area contributed by atoms with Crippen molar-refractivity contribution in [3.63, 3.8) is 0 Å². The van der Waals surface area contributed by atoms with E-state index < -0.39 is 81.3 Å². The third-order valence-electron chi connectivity index (χ3n) is 13.4. The number of esters is 2. The zero-order chi connectivity index (χ0) is 50.4. The molecular weight excluding hydrogens is 913 g/mol. The Morgan fingerprint density at radius 3 is 1.36 bits per heavy atom. The quantitative estimate of drug-likeness (QED) is 0.0727. The van der Waals surface area contributed by atoms with Gasteiger partial charge in [-0.1, -0.05) is 94.7 Å². The molecule has 0 radical (unpaired) electrons. The molecule has 4 rings (SSSR count). The van der Waals surface area contributed by atoms with Crippen LogP contribution in [0.1, 0.15) is 113 Å². The van der Waals surface area contributed by atoms with E-state index in [-0.39, 0.29) is 47.1 Å². The molecule has 0 spiro atoms. The second-order valence-corrected chi connectivity index (χ2v) is 44.0. The van der Waals surface area contributed by atoms with Crippen molar-refractivity contribution in [2.75, 3.05) is 27.4 Å². The molecule has 2 aliphatic heterocycles. The molecule has 0 saturated carbocycles. The van der Waals surface area contributed by atoms with Gasteiger partial charge in [-0.2, -0.15) is 10.2 Å². The maximum Gasteiger partial charge on any atom is 0.358 e. The Bertz CT molecular complexity index is 1860. The number of carbonyl (C=O) groups excluding carboxylic acids is 2. The number of aromatic nitrogens is 4. The molecule has 20 heteroatoms. The third-order valence-corrected chi connectivity index (χ3v) is 25.7. The van der Waals surface area contributed by atoms with Gasteiger partial charge in [0.15, 0.2) is 28.0 Å². The third kappa shape index (κ3) is 15.5. The van der Waals surface area contributed by atoms with Crippen LogP contribution in [0.3, 0.4) is 0 Å². The van der Waals surface area contributed by atoms with Crippen LogP contribution in [0.5, 0.6) is 0 Å². The van der Waals surface area contributed by atoms with E-state index >= 15 is 0 Å². The Morgan fingerprint density at radius 2 is 1.00 bits per heavy atom. The molecule has 2 aromatic heterocycles. The maximum atomic E-state index is 12.2. The van der Waals surface area contributed by atoms with E-state index in [4.69, 9.17) is 37.3 Å². The predicted molar refractivity (Wildman–Crippen MR) is 267 cm³/mol. The van der Waals surface area contributed by atoms with Gasteiger partial charge < -0.3 is 47.5 Å². The van der Waals surface area contributed by atoms with Crippen molar-refractivity contribution in [3.05, 3.63) is 34.9 Å². The summed E-state index contributed by atoms with van der Waals surface area (Å²) in [5, 5.41) is 31.2. The minimum atomic E-state index is -2.21. The lowest BCUT2D eigenvalue weighted by atomic mass is 10.0. The molecule has 2 fully saturated rings. The highest BCUT2D eigenvalue weighted by Gasteiger charge is 2.52. The molecular formula is C46H88N4O12Si4. The molecule has 16 nitrogen and oxygen atoms in total. The zero-order valence-electron chi connectivity index (χ0n) is 44.2. The van der Waals surface area contributed by atoms with Crippen LogP contribution < -0.4 is 0 Å². The van der Waals surface area contributed by atoms with Crippen molar-refractivity contribution in [3.8, 4) is 0 Å². The van der Waals surface area contributed by atoms with E-state index in [0.717, 1.165) is 12.1 Å². The Morgan fingerprint density at radius 1 is 0.621 bits per heavy atom. The van der Waals surface area contributed by atoms with E-state index in [1.54, 1.807) is 21.5 Å². The summed E-state index contributed by atoms with van der Waals surface area (Å²) in [6.07, 6.45) is -3.14. The molecule has 4 heterocycles. The molecule has 0 aliphatic carbocycles. The molecule has 380 valence electrons. The van der Waals surface area contributed by atoms with Crippen LogP contribution in [0.2, 0.25) is 87.6 Å². The highest BCUT2D eigenvalue weighted by atomic mass is 28.4. The summed E-state index contributed by atoms with van der Waals surface area (Å²) in [6, 6.07) is 5.35. The van der Waals surface area contributed by atoms with Crippen LogP contribution in [0.4, 0.5) is 0 Å². The smallest absolute Gasteiger partial charge is 0.358 e. The molecule has 0 amide bonds. The first-order valence-electron chi connectivity index (χ1n) is 23.7. The molecule has 2 N–H and O–H groups in total. The molecule has 2 aromatic rings. The van der Waals surface area contributed by atoms with Crippen LogP contribution in [-0.4, -0.2) is 139 Å². The number of hydrogen-bond acceptors (Lipinski definition) is 14. The van der Waals surface area contributed by atoms with Gasteiger partial charge in [-0.25, -0.2) is 19.0 Å². The summed E-state index contributed by atoms with van der Waals surface area (Å²) in [7, 11) is -4.15. The van der Waals surface area contributed by atoms with Gasteiger partial charge >= 0.3 is 11.9 Å². The fourth-order valence-electron chi connectivity index (χ4n) is 6.93. The van der Waals surface area contributed by atoms with Crippen LogP contribution in [0.25, 0.3) is 0 Å². The lowest BCUT2D eigenvalue weighted by Gasteiger charge is -2.40. The number of aliphatic hydroxyl groups excluding tert-OH is 2. The summed E-state index contributed by atoms with van der Waals surface area (Å²) in [5.74, 6) is -1.06. The van der Waals surface area contributed by atoms with Crippen molar-refractivity contribution < 1.29 is 57.1 Å². The number of hydrogen-bond donors (Lipinski definition) is 2. The molecule has 2 saturated heterocycles. The minimum Gasteiger partial charge on any atom is -0.464 e.